The van der Waals surface area contributed by atoms with Gasteiger partial charge in [-0.15, -0.1) is 0 Å². The highest BCUT2D eigenvalue weighted by molar-refractivity contribution is 5.69. The fraction of sp³-hybridized carbons (Fsp3) is 0.438. The third kappa shape index (κ3) is 4.23. The Morgan fingerprint density at radius 3 is 2.81 bits per heavy atom. The molecule has 5 heteroatoms. The fourth-order valence-corrected chi connectivity index (χ4v) is 2.33. The van der Waals surface area contributed by atoms with Crippen molar-refractivity contribution in [3.8, 4) is 11.5 Å². The minimum atomic E-state index is -0.785. The Hall–Kier alpha value is -2.01. The molecule has 0 spiro atoms. The molecule has 1 atom stereocenters. The van der Waals surface area contributed by atoms with Crippen LogP contribution in [-0.2, 0) is 11.3 Å². The molecule has 1 aliphatic rings. The summed E-state index contributed by atoms with van der Waals surface area (Å²) in [4.78, 5) is 13.1. The molecule has 0 saturated carbocycles. The monoisotopic (exact) mass is 291 g/mol. The Balaban J connectivity index is 2.06. The lowest BCUT2D eigenvalue weighted by atomic mass is 10.1. The van der Waals surface area contributed by atoms with E-state index in [1.54, 1.807) is 6.92 Å². The van der Waals surface area contributed by atoms with E-state index in [4.69, 9.17) is 14.6 Å². The first-order chi connectivity index (χ1) is 9.95. The maximum Gasteiger partial charge on any atom is 0.307 e. The average molecular weight is 291 g/mol. The van der Waals surface area contributed by atoms with Gasteiger partial charge in [0.15, 0.2) is 11.5 Å². The van der Waals surface area contributed by atoms with Gasteiger partial charge in [0.2, 0.25) is 6.79 Å². The topological polar surface area (TPSA) is 59.0 Å². The molecule has 2 rings (SSSR count). The predicted octanol–water partition coefficient (Wildman–Crippen LogP) is 2.51. The second kappa shape index (κ2) is 6.63. The molecule has 1 aromatic carbocycles. The van der Waals surface area contributed by atoms with Crippen molar-refractivity contribution in [2.75, 3.05) is 19.9 Å². The zero-order valence-electron chi connectivity index (χ0n) is 12.5. The normalized spacial score (nSPS) is 14.2. The van der Waals surface area contributed by atoms with Crippen LogP contribution in [0, 0.1) is 5.92 Å². The van der Waals surface area contributed by atoms with E-state index in [2.05, 4.69) is 11.5 Å². The lowest BCUT2D eigenvalue weighted by molar-refractivity contribution is -0.141. The summed E-state index contributed by atoms with van der Waals surface area (Å²) >= 11 is 0. The highest BCUT2D eigenvalue weighted by Gasteiger charge is 2.18. The molecule has 0 radical (unpaired) electrons. The summed E-state index contributed by atoms with van der Waals surface area (Å²) in [7, 11) is 0. The number of carboxylic acids is 1. The summed E-state index contributed by atoms with van der Waals surface area (Å²) in [6.45, 7) is 9.63. The highest BCUT2D eigenvalue weighted by Crippen LogP contribution is 2.32. The largest absolute Gasteiger partial charge is 0.481 e. The van der Waals surface area contributed by atoms with Gasteiger partial charge < -0.3 is 14.6 Å². The maximum absolute atomic E-state index is 11.0. The van der Waals surface area contributed by atoms with Gasteiger partial charge in [-0.3, -0.25) is 9.69 Å². The van der Waals surface area contributed by atoms with Gasteiger partial charge in [-0.05, 0) is 24.6 Å². The van der Waals surface area contributed by atoms with E-state index in [1.807, 2.05) is 25.1 Å². The van der Waals surface area contributed by atoms with E-state index in [-0.39, 0.29) is 6.79 Å². The van der Waals surface area contributed by atoms with Gasteiger partial charge >= 0.3 is 5.97 Å². The van der Waals surface area contributed by atoms with Crippen LogP contribution in [0.4, 0.5) is 0 Å². The Kier molecular flexibility index (Phi) is 4.85. The van der Waals surface area contributed by atoms with Gasteiger partial charge in [-0.25, -0.2) is 0 Å². The third-order valence-electron chi connectivity index (χ3n) is 3.29. The van der Waals surface area contributed by atoms with Gasteiger partial charge in [-0.1, -0.05) is 25.1 Å². The molecule has 114 valence electrons. The number of carbonyl (C=O) groups is 1. The van der Waals surface area contributed by atoms with Crippen molar-refractivity contribution in [2.24, 2.45) is 5.92 Å². The second-order valence-corrected chi connectivity index (χ2v) is 5.55. The van der Waals surface area contributed by atoms with Crippen LogP contribution >= 0.6 is 0 Å². The summed E-state index contributed by atoms with van der Waals surface area (Å²) in [6.07, 6.45) is 0. The van der Waals surface area contributed by atoms with E-state index in [1.165, 1.54) is 0 Å². The molecule has 1 aliphatic heterocycles. The van der Waals surface area contributed by atoms with Crippen molar-refractivity contribution in [1.82, 2.24) is 4.90 Å². The molecule has 0 saturated heterocycles. The molecule has 0 amide bonds. The summed E-state index contributed by atoms with van der Waals surface area (Å²) in [6, 6.07) is 5.81. The Morgan fingerprint density at radius 2 is 2.14 bits per heavy atom. The zero-order chi connectivity index (χ0) is 15.4. The molecule has 21 heavy (non-hydrogen) atoms. The van der Waals surface area contributed by atoms with Gasteiger partial charge in [0.25, 0.3) is 0 Å². The number of fused-ring (bicyclic) bond motifs is 1. The molecule has 0 aromatic heterocycles. The molecule has 1 unspecified atom stereocenters. The van der Waals surface area contributed by atoms with Crippen molar-refractivity contribution in [1.29, 1.82) is 0 Å². The molecular formula is C16H21NO4. The molecule has 0 aliphatic carbocycles. The van der Waals surface area contributed by atoms with Crippen molar-refractivity contribution in [2.45, 2.75) is 20.4 Å². The van der Waals surface area contributed by atoms with Crippen LogP contribution in [-0.4, -0.2) is 35.9 Å². The molecule has 0 bridgehead atoms. The van der Waals surface area contributed by atoms with E-state index in [0.29, 0.717) is 19.6 Å². The SMILES string of the molecule is C=C(C)CN(Cc1ccc2c(c1)OCO2)CC(C)C(=O)O. The van der Waals surface area contributed by atoms with Gasteiger partial charge in [0.05, 0.1) is 5.92 Å². The third-order valence-corrected chi connectivity index (χ3v) is 3.29. The molecule has 1 aromatic rings. The van der Waals surface area contributed by atoms with Crippen molar-refractivity contribution in [3.05, 3.63) is 35.9 Å². The van der Waals surface area contributed by atoms with Crippen molar-refractivity contribution < 1.29 is 19.4 Å². The number of hydrogen-bond donors (Lipinski definition) is 1. The summed E-state index contributed by atoms with van der Waals surface area (Å²) < 4.78 is 10.7. The number of rotatable bonds is 7. The summed E-state index contributed by atoms with van der Waals surface area (Å²) in [5.74, 6) is 0.295. The number of ether oxygens (including phenoxy) is 2. The first-order valence-electron chi connectivity index (χ1n) is 6.93. The highest BCUT2D eigenvalue weighted by atomic mass is 16.7. The first kappa shape index (κ1) is 15.4. The lowest BCUT2D eigenvalue weighted by Gasteiger charge is -2.24. The number of hydrogen-bond acceptors (Lipinski definition) is 4. The number of aliphatic carboxylic acids is 1. The van der Waals surface area contributed by atoms with Crippen molar-refractivity contribution >= 4 is 5.97 Å². The van der Waals surface area contributed by atoms with Gasteiger partial charge in [-0.2, -0.15) is 0 Å². The predicted molar refractivity (Wildman–Crippen MR) is 79.5 cm³/mol. The fourth-order valence-electron chi connectivity index (χ4n) is 2.33. The van der Waals surface area contributed by atoms with E-state index < -0.39 is 11.9 Å². The van der Waals surface area contributed by atoms with Crippen LogP contribution in [0.2, 0.25) is 0 Å². The minimum absolute atomic E-state index is 0.254. The lowest BCUT2D eigenvalue weighted by Crippen LogP contribution is -2.32. The van der Waals surface area contributed by atoms with Crippen LogP contribution in [0.3, 0.4) is 0 Å². The molecule has 1 N–H and O–H groups in total. The van der Waals surface area contributed by atoms with E-state index in [0.717, 1.165) is 22.6 Å². The maximum atomic E-state index is 11.0. The molecule has 5 nitrogen and oxygen atoms in total. The Bertz CT molecular complexity index is 541. The van der Waals surface area contributed by atoms with Crippen LogP contribution < -0.4 is 9.47 Å². The smallest absolute Gasteiger partial charge is 0.307 e. The number of carboxylic acid groups (broad SMARTS) is 1. The Labute approximate surface area is 124 Å². The van der Waals surface area contributed by atoms with Crippen LogP contribution in [0.15, 0.2) is 30.4 Å². The average Bonchev–Trinajstić information content (AvgIpc) is 2.85. The molecule has 1 heterocycles. The number of benzene rings is 1. The second-order valence-electron chi connectivity index (χ2n) is 5.55. The van der Waals surface area contributed by atoms with Crippen molar-refractivity contribution in [3.63, 3.8) is 0 Å². The molecule has 0 fully saturated rings. The van der Waals surface area contributed by atoms with Crippen LogP contribution in [0.5, 0.6) is 11.5 Å². The quantitative estimate of drug-likeness (QED) is 0.782. The first-order valence-corrected chi connectivity index (χ1v) is 6.93. The Morgan fingerprint density at radius 1 is 1.43 bits per heavy atom. The van der Waals surface area contributed by atoms with E-state index >= 15 is 0 Å². The zero-order valence-corrected chi connectivity index (χ0v) is 12.5. The van der Waals surface area contributed by atoms with Crippen LogP contribution in [0.25, 0.3) is 0 Å². The number of nitrogens with zero attached hydrogens (tertiary/aromatic N) is 1. The van der Waals surface area contributed by atoms with Crippen LogP contribution in [0.1, 0.15) is 19.4 Å². The molecular weight excluding hydrogens is 270 g/mol. The minimum Gasteiger partial charge on any atom is -0.481 e. The van der Waals surface area contributed by atoms with Gasteiger partial charge in [0.1, 0.15) is 0 Å². The van der Waals surface area contributed by atoms with Gasteiger partial charge in [0, 0.05) is 19.6 Å². The summed E-state index contributed by atoms with van der Waals surface area (Å²) in [5, 5.41) is 9.07. The summed E-state index contributed by atoms with van der Waals surface area (Å²) in [5.41, 5.74) is 2.08. The van der Waals surface area contributed by atoms with E-state index in [9.17, 15) is 4.79 Å². The standard InChI is InChI=1S/C16H21NO4/c1-11(2)7-17(8-12(3)16(18)19)9-13-4-5-14-15(6-13)21-10-20-14/h4-6,12H,1,7-10H2,2-3H3,(H,18,19).